The summed E-state index contributed by atoms with van der Waals surface area (Å²) in [6.07, 6.45) is 3.96. The molecule has 2 heterocycles. The third kappa shape index (κ3) is 3.59. The van der Waals surface area contributed by atoms with Crippen molar-refractivity contribution in [3.05, 3.63) is 76.5 Å². The van der Waals surface area contributed by atoms with Gasteiger partial charge in [-0.2, -0.15) is 0 Å². The minimum Gasteiger partial charge on any atom is -0.393 e. The van der Waals surface area contributed by atoms with E-state index in [0.29, 0.717) is 6.42 Å². The van der Waals surface area contributed by atoms with Gasteiger partial charge in [0.15, 0.2) is 0 Å². The van der Waals surface area contributed by atoms with Crippen molar-refractivity contribution in [2.45, 2.75) is 50.8 Å². The second-order valence-electron chi connectivity index (χ2n) is 8.70. The zero-order valence-corrected chi connectivity index (χ0v) is 19.0. The number of hydrogen-bond acceptors (Lipinski definition) is 3. The smallest absolute Gasteiger partial charge is 0.223 e. The first kappa shape index (κ1) is 20.8. The molecule has 2 aromatic carbocycles. The minimum atomic E-state index is -0.686. The van der Waals surface area contributed by atoms with E-state index in [9.17, 15) is 9.90 Å². The molecular weight excluding hydrogens is 442 g/mol. The quantitative estimate of drug-likeness (QED) is 0.561. The van der Waals surface area contributed by atoms with Gasteiger partial charge >= 0.3 is 0 Å². The highest BCUT2D eigenvalue weighted by Crippen LogP contribution is 2.49. The average Bonchev–Trinajstić information content (AvgIpc) is 3.23. The van der Waals surface area contributed by atoms with Crippen LogP contribution in [0.4, 0.5) is 0 Å². The Bertz CT molecular complexity index is 1070. The Morgan fingerprint density at radius 2 is 1.93 bits per heavy atom. The van der Waals surface area contributed by atoms with Crippen LogP contribution in [0.3, 0.4) is 0 Å². The molecule has 1 aliphatic heterocycles. The van der Waals surface area contributed by atoms with E-state index < -0.39 is 17.2 Å². The predicted molar refractivity (Wildman–Crippen MR) is 121 cm³/mol. The first-order chi connectivity index (χ1) is 14.2. The number of aliphatic hydroxyl groups excluding tert-OH is 1. The van der Waals surface area contributed by atoms with Crippen LogP contribution in [0, 0.1) is 0 Å². The molecule has 1 amide bonds. The third-order valence-electron chi connectivity index (χ3n) is 5.69. The standard InChI is InChI=1S/C24H26BrN3O2/c1-16(29)14-23(2,3)27-21(30)15-24(17-8-10-18(25)11-9-17)20-7-5-4-6-19(20)22-26-12-13-28(22)24/h4-13,16,29H,14-15H2,1-3H3,(H,27,30). The molecule has 0 saturated heterocycles. The van der Waals surface area contributed by atoms with Gasteiger partial charge in [-0.15, -0.1) is 0 Å². The van der Waals surface area contributed by atoms with Gasteiger partial charge < -0.3 is 15.0 Å². The van der Waals surface area contributed by atoms with E-state index in [1.807, 2.05) is 44.3 Å². The number of imidazole rings is 1. The number of carbonyl (C=O) groups excluding carboxylic acids is 1. The van der Waals surface area contributed by atoms with Crippen LogP contribution in [0.15, 0.2) is 65.4 Å². The fraction of sp³-hybridized carbons (Fsp3) is 0.333. The van der Waals surface area contributed by atoms with Crippen LogP contribution in [0.2, 0.25) is 0 Å². The maximum atomic E-state index is 13.3. The summed E-state index contributed by atoms with van der Waals surface area (Å²) in [5.74, 6) is 0.796. The number of halogens is 1. The number of aromatic nitrogens is 2. The second-order valence-corrected chi connectivity index (χ2v) is 9.61. The number of nitrogens with one attached hydrogen (secondary N) is 1. The summed E-state index contributed by atoms with van der Waals surface area (Å²) in [6.45, 7) is 5.62. The molecule has 30 heavy (non-hydrogen) atoms. The van der Waals surface area contributed by atoms with Crippen molar-refractivity contribution in [1.82, 2.24) is 14.9 Å². The van der Waals surface area contributed by atoms with E-state index >= 15 is 0 Å². The molecule has 6 heteroatoms. The van der Waals surface area contributed by atoms with Crippen molar-refractivity contribution >= 4 is 21.8 Å². The Hall–Kier alpha value is -2.44. The number of amides is 1. The van der Waals surface area contributed by atoms with Crippen LogP contribution in [0.1, 0.15) is 44.7 Å². The molecule has 3 aromatic rings. The summed E-state index contributed by atoms with van der Waals surface area (Å²) >= 11 is 3.52. The fourth-order valence-electron chi connectivity index (χ4n) is 4.73. The highest BCUT2D eigenvalue weighted by atomic mass is 79.9. The fourth-order valence-corrected chi connectivity index (χ4v) is 4.99. The first-order valence-corrected chi connectivity index (χ1v) is 10.9. The van der Waals surface area contributed by atoms with Crippen molar-refractivity contribution in [2.75, 3.05) is 0 Å². The average molecular weight is 468 g/mol. The maximum Gasteiger partial charge on any atom is 0.223 e. The topological polar surface area (TPSA) is 67.2 Å². The van der Waals surface area contributed by atoms with Crippen LogP contribution < -0.4 is 5.32 Å². The lowest BCUT2D eigenvalue weighted by molar-refractivity contribution is -0.124. The summed E-state index contributed by atoms with van der Waals surface area (Å²) in [5.41, 5.74) is 1.94. The van der Waals surface area contributed by atoms with Gasteiger partial charge in [0.05, 0.1) is 12.5 Å². The normalized spacial score (nSPS) is 18.6. The van der Waals surface area contributed by atoms with Crippen LogP contribution in [-0.4, -0.2) is 32.2 Å². The number of rotatable bonds is 6. The zero-order valence-electron chi connectivity index (χ0n) is 17.4. The molecule has 2 atom stereocenters. The molecule has 0 fully saturated rings. The van der Waals surface area contributed by atoms with Crippen LogP contribution in [-0.2, 0) is 10.3 Å². The van der Waals surface area contributed by atoms with E-state index in [-0.39, 0.29) is 12.3 Å². The number of carbonyl (C=O) groups is 1. The van der Waals surface area contributed by atoms with Gasteiger partial charge in [-0.3, -0.25) is 4.79 Å². The van der Waals surface area contributed by atoms with Gasteiger partial charge in [0.25, 0.3) is 0 Å². The van der Waals surface area contributed by atoms with Gasteiger partial charge in [0.2, 0.25) is 5.91 Å². The Balaban J connectivity index is 1.82. The lowest BCUT2D eigenvalue weighted by Gasteiger charge is -2.35. The van der Waals surface area contributed by atoms with Gasteiger partial charge in [-0.1, -0.05) is 52.3 Å². The van der Waals surface area contributed by atoms with E-state index in [4.69, 9.17) is 0 Å². The SMILES string of the molecule is CC(O)CC(C)(C)NC(=O)CC1(c2ccc(Br)cc2)c2ccccc2-c2nccn21. The molecular formula is C24H26BrN3O2. The van der Waals surface area contributed by atoms with Crippen molar-refractivity contribution in [1.29, 1.82) is 0 Å². The highest BCUT2D eigenvalue weighted by molar-refractivity contribution is 9.10. The highest BCUT2D eigenvalue weighted by Gasteiger charge is 2.46. The molecule has 156 valence electrons. The molecule has 4 rings (SSSR count). The van der Waals surface area contributed by atoms with E-state index in [2.05, 4.69) is 55.1 Å². The van der Waals surface area contributed by atoms with Crippen LogP contribution >= 0.6 is 15.9 Å². The van der Waals surface area contributed by atoms with E-state index in [1.54, 1.807) is 13.1 Å². The molecule has 0 bridgehead atoms. The molecule has 0 radical (unpaired) electrons. The zero-order chi connectivity index (χ0) is 21.5. The lowest BCUT2D eigenvalue weighted by atomic mass is 9.79. The van der Waals surface area contributed by atoms with Gasteiger partial charge in [0.1, 0.15) is 11.4 Å². The van der Waals surface area contributed by atoms with Crippen molar-refractivity contribution in [3.8, 4) is 11.4 Å². The number of hydrogen-bond donors (Lipinski definition) is 2. The third-order valence-corrected chi connectivity index (χ3v) is 6.22. The number of fused-ring (bicyclic) bond motifs is 3. The largest absolute Gasteiger partial charge is 0.393 e. The molecule has 0 aliphatic carbocycles. The van der Waals surface area contributed by atoms with Crippen molar-refractivity contribution in [2.24, 2.45) is 0 Å². The monoisotopic (exact) mass is 467 g/mol. The number of nitrogens with zero attached hydrogens (tertiary/aromatic N) is 2. The van der Waals surface area contributed by atoms with Gasteiger partial charge in [0, 0.05) is 28.0 Å². The molecule has 2 unspecified atom stereocenters. The molecule has 1 aromatic heterocycles. The summed E-state index contributed by atoms with van der Waals surface area (Å²) in [5, 5.41) is 12.9. The van der Waals surface area contributed by atoms with Gasteiger partial charge in [-0.05, 0) is 50.5 Å². The van der Waals surface area contributed by atoms with E-state index in [0.717, 1.165) is 27.0 Å². The summed E-state index contributed by atoms with van der Waals surface area (Å²) in [6, 6.07) is 16.3. The number of aliphatic hydroxyl groups is 1. The summed E-state index contributed by atoms with van der Waals surface area (Å²) in [4.78, 5) is 17.9. The van der Waals surface area contributed by atoms with Crippen molar-refractivity contribution < 1.29 is 9.90 Å². The Kier molecular flexibility index (Phi) is 5.32. The lowest BCUT2D eigenvalue weighted by Crippen LogP contribution is -2.48. The van der Waals surface area contributed by atoms with Gasteiger partial charge in [-0.25, -0.2) is 4.98 Å². The Morgan fingerprint density at radius 1 is 1.23 bits per heavy atom. The van der Waals surface area contributed by atoms with E-state index in [1.165, 1.54) is 0 Å². The minimum absolute atomic E-state index is 0.0695. The summed E-state index contributed by atoms with van der Waals surface area (Å²) in [7, 11) is 0. The molecule has 0 spiro atoms. The van der Waals surface area contributed by atoms with Crippen LogP contribution in [0.25, 0.3) is 11.4 Å². The number of benzene rings is 2. The first-order valence-electron chi connectivity index (χ1n) is 10.1. The predicted octanol–water partition coefficient (Wildman–Crippen LogP) is 4.47. The second kappa shape index (κ2) is 7.67. The summed E-state index contributed by atoms with van der Waals surface area (Å²) < 4.78 is 3.10. The maximum absolute atomic E-state index is 13.3. The van der Waals surface area contributed by atoms with Crippen LogP contribution in [0.5, 0.6) is 0 Å². The molecule has 5 nitrogen and oxygen atoms in total. The Morgan fingerprint density at radius 3 is 2.63 bits per heavy atom. The Labute approximate surface area is 185 Å². The molecule has 0 saturated carbocycles. The molecule has 1 aliphatic rings. The van der Waals surface area contributed by atoms with Crippen molar-refractivity contribution in [3.63, 3.8) is 0 Å². The molecule has 2 N–H and O–H groups in total.